The third-order valence-electron chi connectivity index (χ3n) is 5.44. The van der Waals surface area contributed by atoms with E-state index >= 15 is 0 Å². The molecule has 2 N–H and O–H groups in total. The molecule has 2 heterocycles. The van der Waals surface area contributed by atoms with Gasteiger partial charge in [-0.25, -0.2) is 4.79 Å². The van der Waals surface area contributed by atoms with Crippen LogP contribution in [0.3, 0.4) is 0 Å². The van der Waals surface area contributed by atoms with E-state index < -0.39 is 24.3 Å². The van der Waals surface area contributed by atoms with Gasteiger partial charge in [0.2, 0.25) is 5.91 Å². The number of amides is 1. The SMILES string of the molecule is COC(=O)c1cc(C=C(CNC(C)=O)B2OC(C)(C)C(C)(C)O2)cc2[nH]ncc12. The van der Waals surface area contributed by atoms with Crippen molar-refractivity contribution in [2.45, 2.75) is 45.8 Å². The number of hydrogen-bond acceptors (Lipinski definition) is 6. The van der Waals surface area contributed by atoms with Gasteiger partial charge >= 0.3 is 13.1 Å². The molecule has 1 amide bonds. The number of benzene rings is 1. The van der Waals surface area contributed by atoms with E-state index in [1.54, 1.807) is 12.3 Å². The Labute approximate surface area is 170 Å². The molecule has 1 fully saturated rings. The summed E-state index contributed by atoms with van der Waals surface area (Å²) in [5.74, 6) is -0.614. The summed E-state index contributed by atoms with van der Waals surface area (Å²) in [4.78, 5) is 23.7. The first-order chi connectivity index (χ1) is 13.5. The van der Waals surface area contributed by atoms with Crippen LogP contribution in [0.1, 0.15) is 50.5 Å². The quantitative estimate of drug-likeness (QED) is 0.592. The Morgan fingerprint density at radius 2 is 1.90 bits per heavy atom. The fraction of sp³-hybridized carbons (Fsp3) is 0.450. The van der Waals surface area contributed by atoms with E-state index in [2.05, 4.69) is 15.5 Å². The average Bonchev–Trinajstić information content (AvgIpc) is 3.18. The number of H-pyrrole nitrogens is 1. The fourth-order valence-electron chi connectivity index (χ4n) is 3.07. The summed E-state index contributed by atoms with van der Waals surface area (Å²) >= 11 is 0. The molecular weight excluding hydrogens is 373 g/mol. The van der Waals surface area contributed by atoms with E-state index in [1.165, 1.54) is 14.0 Å². The zero-order valence-corrected chi connectivity index (χ0v) is 17.6. The molecule has 8 nitrogen and oxygen atoms in total. The van der Waals surface area contributed by atoms with Gasteiger partial charge in [0.15, 0.2) is 0 Å². The first kappa shape index (κ1) is 21.1. The van der Waals surface area contributed by atoms with Gasteiger partial charge in [0.1, 0.15) is 0 Å². The maximum absolute atomic E-state index is 12.2. The number of carbonyl (C=O) groups is 2. The second-order valence-electron chi connectivity index (χ2n) is 8.11. The lowest BCUT2D eigenvalue weighted by atomic mass is 9.76. The van der Waals surface area contributed by atoms with Crippen LogP contribution in [-0.2, 0) is 18.8 Å². The Morgan fingerprint density at radius 1 is 1.24 bits per heavy atom. The molecule has 1 aliphatic rings. The summed E-state index contributed by atoms with van der Waals surface area (Å²) < 4.78 is 17.2. The van der Waals surface area contributed by atoms with E-state index in [0.29, 0.717) is 16.5 Å². The van der Waals surface area contributed by atoms with Gasteiger partial charge in [-0.1, -0.05) is 6.08 Å². The number of hydrogen-bond donors (Lipinski definition) is 2. The third kappa shape index (κ3) is 4.20. The lowest BCUT2D eigenvalue weighted by Crippen LogP contribution is -2.41. The van der Waals surface area contributed by atoms with Crippen molar-refractivity contribution in [2.24, 2.45) is 0 Å². The van der Waals surface area contributed by atoms with Crippen LogP contribution in [0.4, 0.5) is 0 Å². The zero-order valence-electron chi connectivity index (χ0n) is 17.6. The number of methoxy groups -OCH3 is 1. The highest BCUT2D eigenvalue weighted by atomic mass is 16.7. The van der Waals surface area contributed by atoms with Crippen molar-refractivity contribution < 1.29 is 23.6 Å². The van der Waals surface area contributed by atoms with Crippen LogP contribution < -0.4 is 5.32 Å². The topological polar surface area (TPSA) is 103 Å². The van der Waals surface area contributed by atoms with E-state index in [-0.39, 0.29) is 12.5 Å². The summed E-state index contributed by atoms with van der Waals surface area (Å²) in [6.07, 6.45) is 3.44. The summed E-state index contributed by atoms with van der Waals surface area (Å²) in [6.45, 7) is 9.57. The Hall–Kier alpha value is -2.65. The molecule has 0 spiro atoms. The number of rotatable bonds is 5. The van der Waals surface area contributed by atoms with Crippen LogP contribution in [0.2, 0.25) is 0 Å². The van der Waals surface area contributed by atoms with Gasteiger partial charge in [0, 0.05) is 18.9 Å². The highest BCUT2D eigenvalue weighted by molar-refractivity contribution is 6.56. The largest absolute Gasteiger partial charge is 0.492 e. The maximum atomic E-state index is 12.2. The van der Waals surface area contributed by atoms with Crippen molar-refractivity contribution in [1.29, 1.82) is 0 Å². The molecule has 154 valence electrons. The minimum absolute atomic E-state index is 0.160. The van der Waals surface area contributed by atoms with Gasteiger partial charge in [-0.15, -0.1) is 0 Å². The summed E-state index contributed by atoms with van der Waals surface area (Å²) in [6, 6.07) is 3.59. The molecule has 0 bridgehead atoms. The first-order valence-corrected chi connectivity index (χ1v) is 9.40. The van der Waals surface area contributed by atoms with Crippen molar-refractivity contribution >= 4 is 36.0 Å². The number of nitrogens with one attached hydrogen (secondary N) is 2. The molecular formula is C20H26BN3O5. The van der Waals surface area contributed by atoms with Crippen LogP contribution in [0.15, 0.2) is 23.8 Å². The van der Waals surface area contributed by atoms with Crippen molar-refractivity contribution in [2.75, 3.05) is 13.7 Å². The predicted molar refractivity (Wildman–Crippen MR) is 110 cm³/mol. The monoisotopic (exact) mass is 399 g/mol. The first-order valence-electron chi connectivity index (χ1n) is 9.40. The number of esters is 1. The van der Waals surface area contributed by atoms with Crippen molar-refractivity contribution in [3.05, 3.63) is 34.9 Å². The Bertz CT molecular complexity index is 964. The number of aromatic amines is 1. The fourth-order valence-corrected chi connectivity index (χ4v) is 3.07. The Morgan fingerprint density at radius 3 is 2.48 bits per heavy atom. The van der Waals surface area contributed by atoms with E-state index in [0.717, 1.165) is 11.0 Å². The lowest BCUT2D eigenvalue weighted by molar-refractivity contribution is -0.118. The van der Waals surface area contributed by atoms with E-state index in [9.17, 15) is 9.59 Å². The van der Waals surface area contributed by atoms with E-state index in [4.69, 9.17) is 14.0 Å². The maximum Gasteiger partial charge on any atom is 0.492 e. The zero-order chi connectivity index (χ0) is 21.4. The molecule has 0 atom stereocenters. The smallest absolute Gasteiger partial charge is 0.465 e. The third-order valence-corrected chi connectivity index (χ3v) is 5.44. The van der Waals surface area contributed by atoms with Crippen molar-refractivity contribution in [3.63, 3.8) is 0 Å². The van der Waals surface area contributed by atoms with Gasteiger partial charge in [-0.3, -0.25) is 9.89 Å². The van der Waals surface area contributed by atoms with Crippen molar-refractivity contribution in [3.8, 4) is 0 Å². The van der Waals surface area contributed by atoms with Crippen LogP contribution in [0, 0.1) is 0 Å². The molecule has 0 unspecified atom stereocenters. The van der Waals surface area contributed by atoms with Crippen LogP contribution in [-0.4, -0.2) is 54.0 Å². The Balaban J connectivity index is 2.04. The van der Waals surface area contributed by atoms with Gasteiger partial charge in [0.25, 0.3) is 0 Å². The van der Waals surface area contributed by atoms with Crippen LogP contribution in [0.25, 0.3) is 17.0 Å². The number of ether oxygens (including phenoxy) is 1. The predicted octanol–water partition coefficient (Wildman–Crippen LogP) is 2.50. The van der Waals surface area contributed by atoms with E-state index in [1.807, 2.05) is 39.8 Å². The van der Waals surface area contributed by atoms with Crippen LogP contribution >= 0.6 is 0 Å². The summed E-state index contributed by atoms with van der Waals surface area (Å²) in [7, 11) is 0.703. The summed E-state index contributed by atoms with van der Waals surface area (Å²) in [5, 5.41) is 10.4. The van der Waals surface area contributed by atoms with Crippen molar-refractivity contribution in [1.82, 2.24) is 15.5 Å². The number of nitrogens with zero attached hydrogens (tertiary/aromatic N) is 1. The van der Waals surface area contributed by atoms with Gasteiger partial charge in [0.05, 0.1) is 35.6 Å². The molecule has 9 heteroatoms. The average molecular weight is 399 g/mol. The van der Waals surface area contributed by atoms with Gasteiger partial charge < -0.3 is 19.4 Å². The molecule has 0 aliphatic carbocycles. The molecule has 0 saturated carbocycles. The number of fused-ring (bicyclic) bond motifs is 1. The molecule has 1 saturated heterocycles. The molecule has 2 aromatic rings. The number of carbonyl (C=O) groups excluding carboxylic acids is 2. The second kappa shape index (κ2) is 7.64. The molecule has 29 heavy (non-hydrogen) atoms. The highest BCUT2D eigenvalue weighted by Crippen LogP contribution is 2.38. The molecule has 0 radical (unpaired) electrons. The molecule has 1 aliphatic heterocycles. The number of aromatic nitrogens is 2. The minimum atomic E-state index is -0.633. The van der Waals surface area contributed by atoms with Gasteiger partial charge in [-0.05, 0) is 50.9 Å². The summed E-state index contributed by atoms with van der Waals surface area (Å²) in [5.41, 5.74) is 1.53. The lowest BCUT2D eigenvalue weighted by Gasteiger charge is -2.32. The molecule has 1 aromatic carbocycles. The minimum Gasteiger partial charge on any atom is -0.465 e. The molecule has 1 aromatic heterocycles. The standard InChI is InChI=1S/C20H26BN3O5/c1-12(25)22-10-14(21-28-19(2,3)20(4,5)29-21)7-13-8-15(18(26)27-6)16-11-23-24-17(16)9-13/h7-9,11H,10H2,1-6H3,(H,22,25)(H,23,24). The van der Waals surface area contributed by atoms with Gasteiger partial charge in [-0.2, -0.15) is 5.10 Å². The highest BCUT2D eigenvalue weighted by Gasteiger charge is 2.52. The van der Waals surface area contributed by atoms with Crippen LogP contribution in [0.5, 0.6) is 0 Å². The Kier molecular flexibility index (Phi) is 5.56. The second-order valence-corrected chi connectivity index (χ2v) is 8.11. The normalized spacial score (nSPS) is 18.1. The molecule has 3 rings (SSSR count).